The van der Waals surface area contributed by atoms with Crippen molar-refractivity contribution in [2.75, 3.05) is 18.5 Å². The van der Waals surface area contributed by atoms with Crippen LogP contribution in [0.3, 0.4) is 0 Å². The van der Waals surface area contributed by atoms with Gasteiger partial charge >= 0.3 is 0 Å². The van der Waals surface area contributed by atoms with Crippen molar-refractivity contribution in [3.8, 4) is 5.75 Å². The monoisotopic (exact) mass is 356 g/mol. The van der Waals surface area contributed by atoms with Gasteiger partial charge in [-0.05, 0) is 38.0 Å². The zero-order valence-electron chi connectivity index (χ0n) is 14.4. The predicted molar refractivity (Wildman–Crippen MR) is 96.7 cm³/mol. The second-order valence-corrected chi connectivity index (χ2v) is 6.15. The van der Waals surface area contributed by atoms with Gasteiger partial charge in [0.2, 0.25) is 0 Å². The molecule has 1 fully saturated rings. The first-order valence-electron chi connectivity index (χ1n) is 8.44. The molecule has 2 aromatic carbocycles. The summed E-state index contributed by atoms with van der Waals surface area (Å²) in [5, 5.41) is 13.8. The number of carbonyl (C=O) groups excluding carboxylic acids is 1. The highest BCUT2D eigenvalue weighted by Gasteiger charge is 2.19. The standard InChI is InChI=1S/C19H20N2O5/c1-13-8-9-14(11-17(13)21(23)24)20-19(22)16-6-2-3-7-18(16)26-12-15-5-4-10-25-15/h2-3,6-9,11,15H,4-5,10,12H2,1H3,(H,20,22)/t15-/m1/s1. The van der Waals surface area contributed by atoms with Gasteiger partial charge < -0.3 is 14.8 Å². The molecule has 1 saturated heterocycles. The van der Waals surface area contributed by atoms with Gasteiger partial charge in [0.05, 0.1) is 16.6 Å². The molecule has 3 rings (SSSR count). The number of benzene rings is 2. The van der Waals surface area contributed by atoms with Crippen molar-refractivity contribution >= 4 is 17.3 Å². The normalized spacial score (nSPS) is 16.3. The fraction of sp³-hybridized carbons (Fsp3) is 0.316. The summed E-state index contributed by atoms with van der Waals surface area (Å²) in [5.74, 6) is 0.0770. The zero-order valence-corrected chi connectivity index (χ0v) is 14.4. The van der Waals surface area contributed by atoms with E-state index >= 15 is 0 Å². The van der Waals surface area contributed by atoms with Gasteiger partial charge in [0.25, 0.3) is 11.6 Å². The lowest BCUT2D eigenvalue weighted by atomic mass is 10.1. The third-order valence-electron chi connectivity index (χ3n) is 4.24. The molecule has 7 heteroatoms. The van der Waals surface area contributed by atoms with E-state index in [4.69, 9.17) is 9.47 Å². The quantitative estimate of drug-likeness (QED) is 0.629. The van der Waals surface area contributed by atoms with Gasteiger partial charge in [0.15, 0.2) is 0 Å². The van der Waals surface area contributed by atoms with Crippen LogP contribution in [-0.4, -0.2) is 30.1 Å². The summed E-state index contributed by atoms with van der Waals surface area (Å²) in [4.78, 5) is 23.2. The van der Waals surface area contributed by atoms with Crippen LogP contribution in [0.2, 0.25) is 0 Å². The fourth-order valence-electron chi connectivity index (χ4n) is 2.82. The van der Waals surface area contributed by atoms with E-state index < -0.39 is 4.92 Å². The number of anilines is 1. The van der Waals surface area contributed by atoms with Crippen LogP contribution in [0.25, 0.3) is 0 Å². The van der Waals surface area contributed by atoms with Crippen LogP contribution >= 0.6 is 0 Å². The first-order valence-corrected chi connectivity index (χ1v) is 8.44. The maximum Gasteiger partial charge on any atom is 0.274 e. The lowest BCUT2D eigenvalue weighted by molar-refractivity contribution is -0.385. The third kappa shape index (κ3) is 4.18. The van der Waals surface area contributed by atoms with Crippen LogP contribution in [0.5, 0.6) is 5.75 Å². The number of ether oxygens (including phenoxy) is 2. The summed E-state index contributed by atoms with van der Waals surface area (Å²) >= 11 is 0. The van der Waals surface area contributed by atoms with E-state index in [1.54, 1.807) is 43.3 Å². The van der Waals surface area contributed by atoms with Crippen molar-refractivity contribution in [2.45, 2.75) is 25.9 Å². The topological polar surface area (TPSA) is 90.7 Å². The van der Waals surface area contributed by atoms with Crippen LogP contribution in [0.15, 0.2) is 42.5 Å². The Hall–Kier alpha value is -2.93. The number of aryl methyl sites for hydroxylation is 1. The van der Waals surface area contributed by atoms with Gasteiger partial charge in [-0.15, -0.1) is 0 Å². The first-order chi connectivity index (χ1) is 12.5. The molecule has 136 valence electrons. The maximum atomic E-state index is 12.6. The molecule has 2 aromatic rings. The molecule has 0 unspecified atom stereocenters. The van der Waals surface area contributed by atoms with Gasteiger partial charge in [0, 0.05) is 23.9 Å². The first kappa shape index (κ1) is 17.9. The highest BCUT2D eigenvalue weighted by Crippen LogP contribution is 2.25. The highest BCUT2D eigenvalue weighted by molar-refractivity contribution is 6.06. The van der Waals surface area contributed by atoms with E-state index in [0.717, 1.165) is 19.4 Å². The molecule has 0 radical (unpaired) electrons. The smallest absolute Gasteiger partial charge is 0.274 e. The van der Waals surface area contributed by atoms with Gasteiger partial charge in [-0.2, -0.15) is 0 Å². The summed E-state index contributed by atoms with van der Waals surface area (Å²) in [6, 6.07) is 11.5. The van der Waals surface area contributed by atoms with Crippen molar-refractivity contribution in [1.82, 2.24) is 0 Å². The van der Waals surface area contributed by atoms with E-state index in [1.807, 2.05) is 0 Å². The van der Waals surface area contributed by atoms with Crippen LogP contribution < -0.4 is 10.1 Å². The summed E-state index contributed by atoms with van der Waals surface area (Å²) in [5.41, 5.74) is 1.23. The van der Waals surface area contributed by atoms with Gasteiger partial charge in [-0.25, -0.2) is 0 Å². The number of nitrogens with zero attached hydrogens (tertiary/aromatic N) is 1. The molecule has 0 bridgehead atoms. The highest BCUT2D eigenvalue weighted by atomic mass is 16.6. The minimum atomic E-state index is -0.469. The van der Waals surface area contributed by atoms with Crippen molar-refractivity contribution < 1.29 is 19.2 Å². The van der Waals surface area contributed by atoms with Crippen LogP contribution in [0.4, 0.5) is 11.4 Å². The number of rotatable bonds is 6. The van der Waals surface area contributed by atoms with Gasteiger partial charge in [-0.3, -0.25) is 14.9 Å². The number of nitro groups is 1. The second-order valence-electron chi connectivity index (χ2n) is 6.15. The Bertz CT molecular complexity index is 815. The molecule has 0 spiro atoms. The van der Waals surface area contributed by atoms with E-state index in [0.29, 0.717) is 29.2 Å². The van der Waals surface area contributed by atoms with Gasteiger partial charge in [-0.1, -0.05) is 18.2 Å². The third-order valence-corrected chi connectivity index (χ3v) is 4.24. The summed E-state index contributed by atoms with van der Waals surface area (Å²) in [6.45, 7) is 2.78. The Kier molecular flexibility index (Phi) is 5.48. The molecular formula is C19H20N2O5. The molecule has 1 aliphatic heterocycles. The van der Waals surface area contributed by atoms with Gasteiger partial charge in [0.1, 0.15) is 12.4 Å². The molecule has 0 aromatic heterocycles. The van der Waals surface area contributed by atoms with Crippen molar-refractivity contribution in [3.63, 3.8) is 0 Å². The number of nitro benzene ring substituents is 1. The number of amides is 1. The average Bonchev–Trinajstić information content (AvgIpc) is 3.15. The van der Waals surface area contributed by atoms with E-state index in [-0.39, 0.29) is 17.7 Å². The van der Waals surface area contributed by atoms with Crippen LogP contribution in [-0.2, 0) is 4.74 Å². The van der Waals surface area contributed by atoms with E-state index in [2.05, 4.69) is 5.32 Å². The predicted octanol–water partition coefficient (Wildman–Crippen LogP) is 3.71. The van der Waals surface area contributed by atoms with E-state index in [1.165, 1.54) is 6.07 Å². The number of para-hydroxylation sites is 1. The average molecular weight is 356 g/mol. The molecular weight excluding hydrogens is 336 g/mol. The summed E-state index contributed by atoms with van der Waals surface area (Å²) in [7, 11) is 0. The van der Waals surface area contributed by atoms with Crippen molar-refractivity contribution in [2.24, 2.45) is 0 Å². The van der Waals surface area contributed by atoms with Crippen molar-refractivity contribution in [1.29, 1.82) is 0 Å². The number of nitrogens with one attached hydrogen (secondary N) is 1. The number of carbonyl (C=O) groups is 1. The van der Waals surface area contributed by atoms with E-state index in [9.17, 15) is 14.9 Å². The fourth-order valence-corrected chi connectivity index (χ4v) is 2.82. The molecule has 1 aliphatic rings. The van der Waals surface area contributed by atoms with Crippen LogP contribution in [0, 0.1) is 17.0 Å². The molecule has 1 atom stereocenters. The summed E-state index contributed by atoms with van der Waals surface area (Å²) < 4.78 is 11.3. The Morgan fingerprint density at radius 2 is 2.15 bits per heavy atom. The molecule has 26 heavy (non-hydrogen) atoms. The minimum Gasteiger partial charge on any atom is -0.490 e. The molecule has 7 nitrogen and oxygen atoms in total. The Morgan fingerprint density at radius 1 is 1.35 bits per heavy atom. The molecule has 0 aliphatic carbocycles. The van der Waals surface area contributed by atoms with Crippen molar-refractivity contribution in [3.05, 3.63) is 63.7 Å². The molecule has 1 amide bonds. The Morgan fingerprint density at radius 3 is 2.88 bits per heavy atom. The molecule has 0 saturated carbocycles. The Balaban J connectivity index is 1.73. The largest absolute Gasteiger partial charge is 0.490 e. The maximum absolute atomic E-state index is 12.6. The summed E-state index contributed by atoms with van der Waals surface area (Å²) in [6.07, 6.45) is 2.01. The minimum absolute atomic E-state index is 0.0364. The molecule has 1 N–H and O–H groups in total. The zero-order chi connectivity index (χ0) is 18.5. The lowest BCUT2D eigenvalue weighted by Crippen LogP contribution is -2.19. The van der Waals surface area contributed by atoms with Crippen LogP contribution in [0.1, 0.15) is 28.8 Å². The number of hydrogen-bond donors (Lipinski definition) is 1. The molecule has 1 heterocycles. The Labute approximate surface area is 151 Å². The number of hydrogen-bond acceptors (Lipinski definition) is 5. The second kappa shape index (κ2) is 7.97. The lowest BCUT2D eigenvalue weighted by Gasteiger charge is -2.14. The SMILES string of the molecule is Cc1ccc(NC(=O)c2ccccc2OC[C@H]2CCCO2)cc1[N+](=O)[O-].